The molecule has 0 radical (unpaired) electrons. The van der Waals surface area contributed by atoms with Gasteiger partial charge in [0.2, 0.25) is 0 Å². The molecule has 1 aromatic rings. The van der Waals surface area contributed by atoms with Crippen molar-refractivity contribution in [3.63, 3.8) is 0 Å². The standard InChI is InChI=1S/C20H29NO3/c1-3-9-20(23)11-10-19(20)12-14-21(15-13-19)18(22)16-7-5-6-8-17(16)24-4-2/h5-8,23H,3-4,9-15H2,1-2H3. The van der Waals surface area contributed by atoms with Crippen molar-refractivity contribution in [1.29, 1.82) is 0 Å². The van der Waals surface area contributed by atoms with Gasteiger partial charge < -0.3 is 14.7 Å². The van der Waals surface area contributed by atoms with Gasteiger partial charge in [0.25, 0.3) is 5.91 Å². The zero-order valence-electron chi connectivity index (χ0n) is 14.9. The van der Waals surface area contributed by atoms with Crippen LogP contribution in [0.15, 0.2) is 24.3 Å². The van der Waals surface area contributed by atoms with E-state index in [-0.39, 0.29) is 11.3 Å². The fourth-order valence-corrected chi connectivity index (χ4v) is 4.52. The van der Waals surface area contributed by atoms with E-state index in [1.807, 2.05) is 36.1 Å². The van der Waals surface area contributed by atoms with Crippen LogP contribution in [0.2, 0.25) is 0 Å². The van der Waals surface area contributed by atoms with E-state index in [4.69, 9.17) is 4.74 Å². The van der Waals surface area contributed by atoms with Gasteiger partial charge in [-0.05, 0) is 51.2 Å². The van der Waals surface area contributed by atoms with Crippen molar-refractivity contribution >= 4 is 5.91 Å². The van der Waals surface area contributed by atoms with Crippen molar-refractivity contribution in [3.8, 4) is 5.75 Å². The predicted octanol–water partition coefficient (Wildman–Crippen LogP) is 3.63. The van der Waals surface area contributed by atoms with Crippen LogP contribution in [0.3, 0.4) is 0 Å². The van der Waals surface area contributed by atoms with Gasteiger partial charge in [-0.3, -0.25) is 4.79 Å². The highest BCUT2D eigenvalue weighted by molar-refractivity contribution is 5.97. The highest BCUT2D eigenvalue weighted by atomic mass is 16.5. The summed E-state index contributed by atoms with van der Waals surface area (Å²) in [5, 5.41) is 10.9. The molecule has 132 valence electrons. The molecule has 3 rings (SSSR count). The Morgan fingerprint density at radius 3 is 2.46 bits per heavy atom. The van der Waals surface area contributed by atoms with Gasteiger partial charge in [0.15, 0.2) is 0 Å². The smallest absolute Gasteiger partial charge is 0.257 e. The van der Waals surface area contributed by atoms with Crippen molar-refractivity contribution in [1.82, 2.24) is 4.90 Å². The number of benzene rings is 1. The van der Waals surface area contributed by atoms with E-state index in [1.54, 1.807) is 0 Å². The first kappa shape index (κ1) is 17.3. The van der Waals surface area contributed by atoms with Gasteiger partial charge in [-0.25, -0.2) is 0 Å². The molecule has 1 N–H and O–H groups in total. The second-order valence-corrected chi connectivity index (χ2v) is 7.28. The minimum Gasteiger partial charge on any atom is -0.493 e. The molecule has 1 saturated carbocycles. The van der Waals surface area contributed by atoms with Gasteiger partial charge in [-0.15, -0.1) is 0 Å². The molecule has 2 fully saturated rings. The number of aliphatic hydroxyl groups is 1. The lowest BCUT2D eigenvalue weighted by molar-refractivity contribution is -0.191. The van der Waals surface area contributed by atoms with Gasteiger partial charge in [0.05, 0.1) is 17.8 Å². The maximum absolute atomic E-state index is 12.9. The number of likely N-dealkylation sites (tertiary alicyclic amines) is 1. The normalized spacial score (nSPS) is 25.4. The Balaban J connectivity index is 1.68. The molecule has 1 aliphatic heterocycles. The van der Waals surface area contributed by atoms with E-state index >= 15 is 0 Å². The molecule has 0 aromatic heterocycles. The van der Waals surface area contributed by atoms with E-state index < -0.39 is 5.60 Å². The summed E-state index contributed by atoms with van der Waals surface area (Å²) in [5.41, 5.74) is 0.187. The van der Waals surface area contributed by atoms with Crippen molar-refractivity contribution in [3.05, 3.63) is 29.8 Å². The molecular formula is C20H29NO3. The number of ether oxygens (including phenoxy) is 1. The quantitative estimate of drug-likeness (QED) is 0.896. The Bertz CT molecular complexity index is 592. The summed E-state index contributed by atoms with van der Waals surface area (Å²) in [6.45, 7) is 6.07. The minimum atomic E-state index is -0.500. The Morgan fingerprint density at radius 1 is 1.17 bits per heavy atom. The summed E-state index contributed by atoms with van der Waals surface area (Å²) in [4.78, 5) is 14.8. The third kappa shape index (κ3) is 2.81. The van der Waals surface area contributed by atoms with E-state index in [9.17, 15) is 9.90 Å². The summed E-state index contributed by atoms with van der Waals surface area (Å²) >= 11 is 0. The third-order valence-corrected chi connectivity index (χ3v) is 6.09. The largest absolute Gasteiger partial charge is 0.493 e. The predicted molar refractivity (Wildman–Crippen MR) is 94.3 cm³/mol. The van der Waals surface area contributed by atoms with Crippen LogP contribution in [0.5, 0.6) is 5.75 Å². The third-order valence-electron chi connectivity index (χ3n) is 6.09. The van der Waals surface area contributed by atoms with Crippen molar-refractivity contribution in [2.75, 3.05) is 19.7 Å². The summed E-state index contributed by atoms with van der Waals surface area (Å²) in [7, 11) is 0. The molecule has 4 nitrogen and oxygen atoms in total. The van der Waals surface area contributed by atoms with E-state index in [0.29, 0.717) is 17.9 Å². The lowest BCUT2D eigenvalue weighted by Gasteiger charge is -2.59. The second kappa shape index (κ2) is 6.75. The van der Waals surface area contributed by atoms with Crippen molar-refractivity contribution in [2.45, 2.75) is 58.0 Å². The van der Waals surface area contributed by atoms with Gasteiger partial charge in [0, 0.05) is 18.5 Å². The number of carbonyl (C=O) groups excluding carboxylic acids is 1. The lowest BCUT2D eigenvalue weighted by atomic mass is 9.51. The van der Waals surface area contributed by atoms with Crippen LogP contribution in [0.25, 0.3) is 0 Å². The zero-order chi connectivity index (χ0) is 17.2. The maximum Gasteiger partial charge on any atom is 0.257 e. The Labute approximate surface area is 144 Å². The monoisotopic (exact) mass is 331 g/mol. The minimum absolute atomic E-state index is 0.0409. The van der Waals surface area contributed by atoms with Crippen LogP contribution in [-0.2, 0) is 0 Å². The molecule has 1 heterocycles. The number of piperidine rings is 1. The first-order valence-corrected chi connectivity index (χ1v) is 9.29. The highest BCUT2D eigenvalue weighted by Crippen LogP contribution is 2.58. The van der Waals surface area contributed by atoms with Gasteiger partial charge in [-0.2, -0.15) is 0 Å². The average molecular weight is 331 g/mol. The SMILES string of the molecule is CCCC1(O)CCC12CCN(C(=O)c1ccccc1OCC)CC2. The topological polar surface area (TPSA) is 49.8 Å². The molecule has 2 aliphatic rings. The van der Waals surface area contributed by atoms with Crippen molar-refractivity contribution < 1.29 is 14.6 Å². The van der Waals surface area contributed by atoms with Crippen LogP contribution in [0.1, 0.15) is 62.7 Å². The molecule has 1 amide bonds. The molecule has 0 bridgehead atoms. The molecule has 1 aromatic carbocycles. The van der Waals surface area contributed by atoms with Crippen LogP contribution in [-0.4, -0.2) is 41.2 Å². The van der Waals surface area contributed by atoms with E-state index in [2.05, 4.69) is 6.92 Å². The zero-order valence-corrected chi connectivity index (χ0v) is 14.9. The first-order valence-electron chi connectivity index (χ1n) is 9.29. The molecule has 1 atom stereocenters. The van der Waals surface area contributed by atoms with Crippen LogP contribution < -0.4 is 4.74 Å². The second-order valence-electron chi connectivity index (χ2n) is 7.28. The van der Waals surface area contributed by atoms with Crippen LogP contribution in [0.4, 0.5) is 0 Å². The number of para-hydroxylation sites is 1. The first-order chi connectivity index (χ1) is 11.6. The van der Waals surface area contributed by atoms with Gasteiger partial charge >= 0.3 is 0 Å². The molecule has 4 heteroatoms. The number of hydrogen-bond donors (Lipinski definition) is 1. The summed E-state index contributed by atoms with van der Waals surface area (Å²) < 4.78 is 5.60. The van der Waals surface area contributed by atoms with Gasteiger partial charge in [0.1, 0.15) is 5.75 Å². The number of hydrogen-bond acceptors (Lipinski definition) is 3. The van der Waals surface area contributed by atoms with Gasteiger partial charge in [-0.1, -0.05) is 25.5 Å². The summed E-state index contributed by atoms with van der Waals surface area (Å²) in [5.74, 6) is 0.712. The Kier molecular flexibility index (Phi) is 4.86. The Morgan fingerprint density at radius 2 is 1.88 bits per heavy atom. The Hall–Kier alpha value is -1.55. The molecule has 1 aliphatic carbocycles. The molecule has 24 heavy (non-hydrogen) atoms. The molecule has 1 spiro atoms. The fraction of sp³-hybridized carbons (Fsp3) is 0.650. The lowest BCUT2D eigenvalue weighted by Crippen LogP contribution is -2.61. The number of amides is 1. The summed E-state index contributed by atoms with van der Waals surface area (Å²) in [6.07, 6.45) is 5.73. The highest BCUT2D eigenvalue weighted by Gasteiger charge is 2.58. The van der Waals surface area contributed by atoms with Crippen LogP contribution in [0, 0.1) is 5.41 Å². The van der Waals surface area contributed by atoms with Crippen molar-refractivity contribution in [2.24, 2.45) is 5.41 Å². The average Bonchev–Trinajstić information content (AvgIpc) is 2.61. The van der Waals surface area contributed by atoms with E-state index in [1.165, 1.54) is 0 Å². The molecular weight excluding hydrogens is 302 g/mol. The number of rotatable bonds is 5. The number of nitrogens with zero attached hydrogens (tertiary/aromatic N) is 1. The van der Waals surface area contributed by atoms with Crippen LogP contribution >= 0.6 is 0 Å². The fourth-order valence-electron chi connectivity index (χ4n) is 4.52. The maximum atomic E-state index is 12.9. The number of carbonyl (C=O) groups is 1. The van der Waals surface area contributed by atoms with E-state index in [0.717, 1.165) is 51.6 Å². The molecule has 1 saturated heterocycles. The molecule has 1 unspecified atom stereocenters. The summed E-state index contributed by atoms with van der Waals surface area (Å²) in [6, 6.07) is 7.47.